The van der Waals surface area contributed by atoms with Crippen LogP contribution >= 0.6 is 0 Å². The Hall–Kier alpha value is -0.850. The first-order valence-electron chi connectivity index (χ1n) is 3.83. The molecule has 0 N–H and O–H groups in total. The first kappa shape index (κ1) is 8.25. The molecule has 0 fully saturated rings. The summed E-state index contributed by atoms with van der Waals surface area (Å²) in [6, 6.07) is 5.84. The molecule has 11 heavy (non-hydrogen) atoms. The second-order valence-electron chi connectivity index (χ2n) is 2.92. The summed E-state index contributed by atoms with van der Waals surface area (Å²) in [5.41, 5.74) is 2.92. The summed E-state index contributed by atoms with van der Waals surface area (Å²) in [6.45, 7) is 5.46. The smallest absolute Gasteiger partial charge is 0.123 e. The minimum absolute atomic E-state index is 0.840. The van der Waals surface area contributed by atoms with Crippen LogP contribution in [0, 0.1) is 13.8 Å². The maximum atomic E-state index is 13.0. The van der Waals surface area contributed by atoms with Gasteiger partial charge in [-0.25, -0.2) is 4.39 Å². The summed E-state index contributed by atoms with van der Waals surface area (Å²) in [6.07, 6.45) is -0.851. The van der Waals surface area contributed by atoms with E-state index >= 15 is 0 Å². The standard InChI is InChI=1S/C10H13F/c1-7-5-4-6-8(2)10(7)9(3)11/h4-6,9H,1-3H3. The van der Waals surface area contributed by atoms with Crippen LogP contribution in [0.5, 0.6) is 0 Å². The van der Waals surface area contributed by atoms with Gasteiger partial charge in [-0.3, -0.25) is 0 Å². The molecular weight excluding hydrogens is 139 g/mol. The lowest BCUT2D eigenvalue weighted by Crippen LogP contribution is -1.93. The van der Waals surface area contributed by atoms with Gasteiger partial charge in [0.05, 0.1) is 0 Å². The van der Waals surface area contributed by atoms with Crippen LogP contribution in [0.4, 0.5) is 4.39 Å². The molecule has 0 aromatic heterocycles. The fourth-order valence-electron chi connectivity index (χ4n) is 1.45. The van der Waals surface area contributed by atoms with Gasteiger partial charge in [0.25, 0.3) is 0 Å². The number of rotatable bonds is 1. The van der Waals surface area contributed by atoms with Crippen molar-refractivity contribution in [3.8, 4) is 0 Å². The third kappa shape index (κ3) is 1.59. The van der Waals surface area contributed by atoms with E-state index in [0.717, 1.165) is 16.7 Å². The predicted molar refractivity (Wildman–Crippen MR) is 45.4 cm³/mol. The predicted octanol–water partition coefficient (Wildman–Crippen LogP) is 3.33. The lowest BCUT2D eigenvalue weighted by molar-refractivity contribution is 0.371. The highest BCUT2D eigenvalue weighted by Gasteiger charge is 2.08. The Bertz CT molecular complexity index is 231. The molecule has 0 amide bonds. The van der Waals surface area contributed by atoms with Crippen LogP contribution in [-0.4, -0.2) is 0 Å². The van der Waals surface area contributed by atoms with Crippen molar-refractivity contribution < 1.29 is 4.39 Å². The van der Waals surface area contributed by atoms with Gasteiger partial charge in [0.2, 0.25) is 0 Å². The largest absolute Gasteiger partial charge is 0.243 e. The molecule has 1 rings (SSSR count). The summed E-state index contributed by atoms with van der Waals surface area (Å²) in [7, 11) is 0. The number of alkyl halides is 1. The van der Waals surface area contributed by atoms with E-state index in [9.17, 15) is 4.39 Å². The first-order valence-corrected chi connectivity index (χ1v) is 3.83. The van der Waals surface area contributed by atoms with E-state index in [1.165, 1.54) is 0 Å². The van der Waals surface area contributed by atoms with E-state index in [1.54, 1.807) is 6.92 Å². The zero-order chi connectivity index (χ0) is 8.43. The molecule has 0 radical (unpaired) electrons. The van der Waals surface area contributed by atoms with Crippen molar-refractivity contribution >= 4 is 0 Å². The van der Waals surface area contributed by atoms with Gasteiger partial charge < -0.3 is 0 Å². The molecule has 0 aliphatic heterocycles. The molecule has 1 unspecified atom stereocenters. The normalized spacial score (nSPS) is 13.1. The molecular formula is C10H13F. The SMILES string of the molecule is Cc1cccc(C)c1C(C)F. The Balaban J connectivity index is 3.21. The van der Waals surface area contributed by atoms with Crippen LogP contribution < -0.4 is 0 Å². The van der Waals surface area contributed by atoms with Gasteiger partial charge in [0.15, 0.2) is 0 Å². The first-order chi connectivity index (χ1) is 5.13. The van der Waals surface area contributed by atoms with Crippen LogP contribution in [0.15, 0.2) is 18.2 Å². The van der Waals surface area contributed by atoms with E-state index in [-0.39, 0.29) is 0 Å². The van der Waals surface area contributed by atoms with Crippen LogP contribution in [0.1, 0.15) is 29.8 Å². The fraction of sp³-hybridized carbons (Fsp3) is 0.400. The van der Waals surface area contributed by atoms with Crippen molar-refractivity contribution in [1.82, 2.24) is 0 Å². The maximum Gasteiger partial charge on any atom is 0.123 e. The number of hydrogen-bond acceptors (Lipinski definition) is 0. The summed E-state index contributed by atoms with van der Waals surface area (Å²) < 4.78 is 13.0. The minimum Gasteiger partial charge on any atom is -0.243 e. The third-order valence-corrected chi connectivity index (χ3v) is 1.94. The number of halogens is 1. The van der Waals surface area contributed by atoms with Gasteiger partial charge >= 0.3 is 0 Å². The summed E-state index contributed by atoms with van der Waals surface area (Å²) in [5.74, 6) is 0. The molecule has 0 aliphatic carbocycles. The van der Waals surface area contributed by atoms with Crippen molar-refractivity contribution in [3.05, 3.63) is 34.9 Å². The lowest BCUT2D eigenvalue weighted by atomic mass is 10.00. The molecule has 0 saturated carbocycles. The average Bonchev–Trinajstić information content (AvgIpc) is 1.85. The molecule has 1 atom stereocenters. The third-order valence-electron chi connectivity index (χ3n) is 1.94. The molecule has 0 spiro atoms. The monoisotopic (exact) mass is 152 g/mol. The quantitative estimate of drug-likeness (QED) is 0.579. The number of benzene rings is 1. The van der Waals surface area contributed by atoms with Gasteiger partial charge in [-0.15, -0.1) is 0 Å². The van der Waals surface area contributed by atoms with E-state index in [4.69, 9.17) is 0 Å². The van der Waals surface area contributed by atoms with Gasteiger partial charge in [-0.1, -0.05) is 18.2 Å². The second kappa shape index (κ2) is 3.04. The Morgan fingerprint density at radius 3 is 1.91 bits per heavy atom. The van der Waals surface area contributed by atoms with Crippen molar-refractivity contribution in [2.75, 3.05) is 0 Å². The van der Waals surface area contributed by atoms with Gasteiger partial charge in [0.1, 0.15) is 6.17 Å². The summed E-state index contributed by atoms with van der Waals surface area (Å²) in [5, 5.41) is 0. The van der Waals surface area contributed by atoms with E-state index in [0.29, 0.717) is 0 Å². The summed E-state index contributed by atoms with van der Waals surface area (Å²) >= 11 is 0. The molecule has 0 nitrogen and oxygen atoms in total. The Labute approximate surface area is 67.1 Å². The average molecular weight is 152 g/mol. The number of aryl methyl sites for hydroxylation is 2. The van der Waals surface area contributed by atoms with Crippen LogP contribution in [0.25, 0.3) is 0 Å². The molecule has 0 aliphatic rings. The highest BCUT2D eigenvalue weighted by Crippen LogP contribution is 2.23. The van der Waals surface area contributed by atoms with Crippen LogP contribution in [0.2, 0.25) is 0 Å². The maximum absolute atomic E-state index is 13.0. The molecule has 1 heteroatoms. The van der Waals surface area contributed by atoms with Crippen molar-refractivity contribution in [3.63, 3.8) is 0 Å². The zero-order valence-electron chi connectivity index (χ0n) is 7.19. The molecule has 60 valence electrons. The van der Waals surface area contributed by atoms with Crippen LogP contribution in [-0.2, 0) is 0 Å². The zero-order valence-corrected chi connectivity index (χ0v) is 7.19. The van der Waals surface area contributed by atoms with Gasteiger partial charge in [-0.2, -0.15) is 0 Å². The van der Waals surface area contributed by atoms with Crippen LogP contribution in [0.3, 0.4) is 0 Å². The van der Waals surface area contributed by atoms with E-state index in [1.807, 2.05) is 32.0 Å². The Morgan fingerprint density at radius 2 is 1.64 bits per heavy atom. The molecule has 1 aromatic carbocycles. The molecule has 0 heterocycles. The van der Waals surface area contributed by atoms with Gasteiger partial charge in [0, 0.05) is 0 Å². The summed E-state index contributed by atoms with van der Waals surface area (Å²) in [4.78, 5) is 0. The topological polar surface area (TPSA) is 0 Å². The van der Waals surface area contributed by atoms with Crippen molar-refractivity contribution in [2.45, 2.75) is 26.9 Å². The minimum atomic E-state index is -0.851. The molecule has 0 bridgehead atoms. The fourth-order valence-corrected chi connectivity index (χ4v) is 1.45. The Morgan fingerprint density at radius 1 is 1.18 bits per heavy atom. The van der Waals surface area contributed by atoms with Gasteiger partial charge in [-0.05, 0) is 37.5 Å². The van der Waals surface area contributed by atoms with E-state index < -0.39 is 6.17 Å². The molecule has 0 saturated heterocycles. The molecule has 1 aromatic rings. The van der Waals surface area contributed by atoms with Crippen molar-refractivity contribution in [2.24, 2.45) is 0 Å². The van der Waals surface area contributed by atoms with Crippen molar-refractivity contribution in [1.29, 1.82) is 0 Å². The highest BCUT2D eigenvalue weighted by molar-refractivity contribution is 5.34. The second-order valence-corrected chi connectivity index (χ2v) is 2.92. The Kier molecular flexibility index (Phi) is 2.28. The number of hydrogen-bond donors (Lipinski definition) is 0. The van der Waals surface area contributed by atoms with E-state index in [2.05, 4.69) is 0 Å². The lowest BCUT2D eigenvalue weighted by Gasteiger charge is -2.09. The highest BCUT2D eigenvalue weighted by atomic mass is 19.1.